The van der Waals surface area contributed by atoms with E-state index >= 15 is 0 Å². The number of carboxylic acid groups (broad SMARTS) is 1. The van der Waals surface area contributed by atoms with Gasteiger partial charge in [-0.1, -0.05) is 13.8 Å². The van der Waals surface area contributed by atoms with E-state index in [4.69, 9.17) is 5.73 Å². The number of thiazole rings is 1. The standard InChI is InChI=1S/C18H27N5O3S/c1-9(2)6-13(17(25)26)20-15(19)16(24)22-18-21-14(8-27-18)12-7-10(3)23(5)11(12)4/h7-9,13,15,20H,6,19H2,1-5H3,(H,25,26)(H,21,22,24)/t13-,15-/m0/s1. The number of hydrogen-bond acceptors (Lipinski definition) is 6. The second-order valence-electron chi connectivity index (χ2n) is 7.04. The van der Waals surface area contributed by atoms with Crippen molar-refractivity contribution in [3.05, 3.63) is 22.8 Å². The quantitative estimate of drug-likeness (QED) is 0.509. The molecule has 0 aromatic carbocycles. The predicted octanol–water partition coefficient (Wildman–Crippen LogP) is 2.08. The minimum Gasteiger partial charge on any atom is -0.480 e. The second-order valence-corrected chi connectivity index (χ2v) is 7.89. The third-order valence-electron chi connectivity index (χ3n) is 4.45. The molecule has 0 spiro atoms. The van der Waals surface area contributed by atoms with E-state index in [1.165, 1.54) is 11.3 Å². The Morgan fingerprint density at radius 3 is 2.56 bits per heavy atom. The molecule has 9 heteroatoms. The molecule has 2 atom stereocenters. The zero-order valence-electron chi connectivity index (χ0n) is 16.2. The Kier molecular flexibility index (Phi) is 6.74. The number of carbonyl (C=O) groups excluding carboxylic acids is 1. The average Bonchev–Trinajstić information content (AvgIpc) is 3.13. The second kappa shape index (κ2) is 8.64. The molecule has 2 aromatic rings. The van der Waals surface area contributed by atoms with E-state index in [-0.39, 0.29) is 5.92 Å². The van der Waals surface area contributed by atoms with Gasteiger partial charge in [-0.2, -0.15) is 0 Å². The molecule has 0 aliphatic carbocycles. The van der Waals surface area contributed by atoms with Crippen molar-refractivity contribution in [1.82, 2.24) is 14.9 Å². The van der Waals surface area contributed by atoms with Gasteiger partial charge in [-0.15, -0.1) is 11.3 Å². The molecule has 2 rings (SSSR count). The fraction of sp³-hybridized carbons (Fsp3) is 0.500. The van der Waals surface area contributed by atoms with Crippen LogP contribution in [0.25, 0.3) is 11.3 Å². The zero-order chi connectivity index (χ0) is 20.3. The number of carbonyl (C=O) groups is 2. The summed E-state index contributed by atoms with van der Waals surface area (Å²) in [5.74, 6) is -1.39. The van der Waals surface area contributed by atoms with Crippen LogP contribution in [0.1, 0.15) is 31.7 Å². The first-order valence-electron chi connectivity index (χ1n) is 8.74. The maximum atomic E-state index is 12.3. The lowest BCUT2D eigenvalue weighted by Gasteiger charge is -2.20. The average molecular weight is 394 g/mol. The maximum absolute atomic E-state index is 12.3. The molecule has 2 aromatic heterocycles. The number of aryl methyl sites for hydroxylation is 1. The van der Waals surface area contributed by atoms with E-state index in [0.29, 0.717) is 11.6 Å². The van der Waals surface area contributed by atoms with Crippen LogP contribution in [0.3, 0.4) is 0 Å². The SMILES string of the molecule is Cc1cc(-c2csc(NC(=O)[C@@H](N)N[C@@H](CC(C)C)C(=O)O)n2)c(C)n1C. The molecule has 0 fully saturated rings. The fourth-order valence-corrected chi connectivity index (χ4v) is 3.47. The molecule has 0 bridgehead atoms. The molecule has 0 saturated carbocycles. The minimum atomic E-state index is -1.14. The van der Waals surface area contributed by atoms with E-state index in [1.54, 1.807) is 0 Å². The number of hydrogen-bond donors (Lipinski definition) is 4. The van der Waals surface area contributed by atoms with Crippen LogP contribution in [0, 0.1) is 19.8 Å². The van der Waals surface area contributed by atoms with E-state index in [0.717, 1.165) is 22.6 Å². The highest BCUT2D eigenvalue weighted by molar-refractivity contribution is 7.14. The third-order valence-corrected chi connectivity index (χ3v) is 5.21. The van der Waals surface area contributed by atoms with Gasteiger partial charge < -0.3 is 15.4 Å². The van der Waals surface area contributed by atoms with Crippen LogP contribution >= 0.6 is 11.3 Å². The number of nitrogens with one attached hydrogen (secondary N) is 2. The van der Waals surface area contributed by atoms with Gasteiger partial charge in [0, 0.05) is 29.4 Å². The first-order valence-corrected chi connectivity index (χ1v) is 9.62. The van der Waals surface area contributed by atoms with Crippen LogP contribution in [0.4, 0.5) is 5.13 Å². The number of rotatable bonds is 8. The summed E-state index contributed by atoms with van der Waals surface area (Å²) in [4.78, 5) is 28.1. The van der Waals surface area contributed by atoms with E-state index in [1.807, 2.05) is 46.2 Å². The van der Waals surface area contributed by atoms with E-state index in [2.05, 4.69) is 20.2 Å². The smallest absolute Gasteiger partial charge is 0.320 e. The molecule has 0 radical (unpaired) electrons. The van der Waals surface area contributed by atoms with Gasteiger partial charge in [0.25, 0.3) is 5.91 Å². The minimum absolute atomic E-state index is 0.160. The Morgan fingerprint density at radius 1 is 1.37 bits per heavy atom. The maximum Gasteiger partial charge on any atom is 0.320 e. The molecule has 5 N–H and O–H groups in total. The molecule has 8 nitrogen and oxygen atoms in total. The molecule has 148 valence electrons. The summed E-state index contributed by atoms with van der Waals surface area (Å²) < 4.78 is 2.08. The van der Waals surface area contributed by atoms with Gasteiger partial charge in [0.05, 0.1) is 5.69 Å². The van der Waals surface area contributed by atoms with Crippen molar-refractivity contribution in [2.75, 3.05) is 5.32 Å². The Bertz CT molecular complexity index is 827. The van der Waals surface area contributed by atoms with Crippen molar-refractivity contribution < 1.29 is 14.7 Å². The molecule has 1 amide bonds. The Labute approximate surface area is 162 Å². The first-order chi connectivity index (χ1) is 12.6. The summed E-state index contributed by atoms with van der Waals surface area (Å²) in [5, 5.41) is 16.9. The van der Waals surface area contributed by atoms with Gasteiger partial charge in [0.15, 0.2) is 5.13 Å². The molecule has 0 saturated heterocycles. The van der Waals surface area contributed by atoms with Gasteiger partial charge in [0.1, 0.15) is 12.2 Å². The Hall–Kier alpha value is -2.23. The molecule has 0 aliphatic rings. The summed E-state index contributed by atoms with van der Waals surface area (Å²) in [6, 6.07) is 1.17. The van der Waals surface area contributed by atoms with Crippen molar-refractivity contribution in [3.8, 4) is 11.3 Å². The number of amides is 1. The molecule has 0 aliphatic heterocycles. The summed E-state index contributed by atoms with van der Waals surface area (Å²) >= 11 is 1.30. The van der Waals surface area contributed by atoms with Crippen LogP contribution in [0.2, 0.25) is 0 Å². The highest BCUT2D eigenvalue weighted by atomic mass is 32.1. The Balaban J connectivity index is 2.04. The Morgan fingerprint density at radius 2 is 2.04 bits per heavy atom. The van der Waals surface area contributed by atoms with Crippen molar-refractivity contribution in [2.45, 2.75) is 46.3 Å². The summed E-state index contributed by atoms with van der Waals surface area (Å²) in [5.41, 5.74) is 9.83. The molecule has 0 unspecified atom stereocenters. The van der Waals surface area contributed by atoms with Crippen molar-refractivity contribution >= 4 is 28.3 Å². The van der Waals surface area contributed by atoms with Gasteiger partial charge >= 0.3 is 5.97 Å². The lowest BCUT2D eigenvalue weighted by atomic mass is 10.0. The van der Waals surface area contributed by atoms with E-state index < -0.39 is 24.1 Å². The lowest BCUT2D eigenvalue weighted by molar-refractivity contribution is -0.140. The normalized spacial score (nSPS) is 13.6. The summed E-state index contributed by atoms with van der Waals surface area (Å²) in [6.07, 6.45) is -0.762. The number of carboxylic acids is 1. The molecule has 27 heavy (non-hydrogen) atoms. The fourth-order valence-electron chi connectivity index (χ4n) is 2.76. The van der Waals surface area contributed by atoms with Crippen molar-refractivity contribution in [1.29, 1.82) is 0 Å². The number of anilines is 1. The summed E-state index contributed by atoms with van der Waals surface area (Å²) in [7, 11) is 1.99. The van der Waals surface area contributed by atoms with E-state index in [9.17, 15) is 14.7 Å². The van der Waals surface area contributed by atoms with Gasteiger partial charge in [0.2, 0.25) is 0 Å². The zero-order valence-corrected chi connectivity index (χ0v) is 17.1. The van der Waals surface area contributed by atoms with Crippen LogP contribution in [-0.2, 0) is 16.6 Å². The van der Waals surface area contributed by atoms with Gasteiger partial charge in [-0.25, -0.2) is 4.98 Å². The highest BCUT2D eigenvalue weighted by Crippen LogP contribution is 2.29. The number of aromatic nitrogens is 2. The first kappa shape index (κ1) is 21.1. The lowest BCUT2D eigenvalue weighted by Crippen LogP contribution is -2.54. The number of aliphatic carboxylic acids is 1. The van der Waals surface area contributed by atoms with Crippen molar-refractivity contribution in [2.24, 2.45) is 18.7 Å². The topological polar surface area (TPSA) is 122 Å². The number of nitrogens with two attached hydrogens (primary N) is 1. The van der Waals surface area contributed by atoms with Crippen LogP contribution in [0.15, 0.2) is 11.4 Å². The van der Waals surface area contributed by atoms with Crippen LogP contribution < -0.4 is 16.4 Å². The molecule has 2 heterocycles. The molecular weight excluding hydrogens is 366 g/mol. The summed E-state index contributed by atoms with van der Waals surface area (Å²) in [6.45, 7) is 7.86. The van der Waals surface area contributed by atoms with Gasteiger partial charge in [-0.3, -0.25) is 20.2 Å². The van der Waals surface area contributed by atoms with Crippen LogP contribution in [0.5, 0.6) is 0 Å². The van der Waals surface area contributed by atoms with Crippen molar-refractivity contribution in [3.63, 3.8) is 0 Å². The van der Waals surface area contributed by atoms with Crippen LogP contribution in [-0.4, -0.2) is 38.7 Å². The monoisotopic (exact) mass is 393 g/mol. The molecular formula is C18H27N5O3S. The van der Waals surface area contributed by atoms with Gasteiger partial charge in [-0.05, 0) is 32.3 Å². The predicted molar refractivity (Wildman–Crippen MR) is 107 cm³/mol. The third kappa shape index (κ3) is 5.15. The largest absolute Gasteiger partial charge is 0.480 e. The highest BCUT2D eigenvalue weighted by Gasteiger charge is 2.25. The number of nitrogens with zero attached hydrogens (tertiary/aromatic N) is 2.